The minimum absolute atomic E-state index is 0.492. The zero-order chi connectivity index (χ0) is 11.3. The molecule has 0 saturated carbocycles. The van der Waals surface area contributed by atoms with Gasteiger partial charge in [0, 0.05) is 19.1 Å². The Kier molecular flexibility index (Phi) is 4.79. The molecule has 0 aromatic heterocycles. The van der Waals surface area contributed by atoms with Gasteiger partial charge in [-0.1, -0.05) is 36.8 Å². The third-order valence-corrected chi connectivity index (χ3v) is 2.92. The average molecular weight is 206 g/mol. The summed E-state index contributed by atoms with van der Waals surface area (Å²) in [6.07, 6.45) is 1.11. The van der Waals surface area contributed by atoms with Crippen LogP contribution in [0.25, 0.3) is 0 Å². The quantitative estimate of drug-likeness (QED) is 0.800. The fourth-order valence-corrected chi connectivity index (χ4v) is 1.77. The fraction of sp³-hybridized carbons (Fsp3) is 0.538. The lowest BCUT2D eigenvalue weighted by molar-refractivity contribution is 0.233. The molecule has 0 heterocycles. The maximum atomic E-state index is 5.72. The molecule has 2 heteroatoms. The van der Waals surface area contributed by atoms with E-state index in [2.05, 4.69) is 50.1 Å². The lowest BCUT2D eigenvalue weighted by Gasteiger charge is -2.25. The van der Waals surface area contributed by atoms with Gasteiger partial charge in [-0.05, 0) is 26.0 Å². The van der Waals surface area contributed by atoms with E-state index in [1.54, 1.807) is 0 Å². The first kappa shape index (κ1) is 12.2. The van der Waals surface area contributed by atoms with Crippen LogP contribution >= 0.6 is 0 Å². The van der Waals surface area contributed by atoms with E-state index in [-0.39, 0.29) is 0 Å². The summed E-state index contributed by atoms with van der Waals surface area (Å²) in [6, 6.07) is 9.19. The highest BCUT2D eigenvalue weighted by Crippen LogP contribution is 2.09. The maximum absolute atomic E-state index is 5.72. The van der Waals surface area contributed by atoms with Crippen LogP contribution in [0, 0.1) is 6.92 Å². The molecule has 15 heavy (non-hydrogen) atoms. The molecule has 2 nitrogen and oxygen atoms in total. The van der Waals surface area contributed by atoms with Crippen molar-refractivity contribution in [3.05, 3.63) is 35.4 Å². The average Bonchev–Trinajstić information content (AvgIpc) is 2.23. The van der Waals surface area contributed by atoms with Gasteiger partial charge in [-0.3, -0.25) is 4.90 Å². The first-order chi connectivity index (χ1) is 7.17. The molecule has 1 aromatic carbocycles. The molecular formula is C13H22N2. The van der Waals surface area contributed by atoms with Gasteiger partial charge in [-0.2, -0.15) is 0 Å². The highest BCUT2D eigenvalue weighted by atomic mass is 15.1. The van der Waals surface area contributed by atoms with Gasteiger partial charge < -0.3 is 5.73 Å². The molecule has 2 N–H and O–H groups in total. The molecule has 84 valence electrons. The number of aryl methyl sites for hydroxylation is 1. The van der Waals surface area contributed by atoms with Gasteiger partial charge in [0.15, 0.2) is 0 Å². The Morgan fingerprint density at radius 2 is 1.87 bits per heavy atom. The molecule has 0 fully saturated rings. The molecule has 1 atom stereocenters. The van der Waals surface area contributed by atoms with Crippen molar-refractivity contribution in [3.8, 4) is 0 Å². The Hall–Kier alpha value is -0.860. The first-order valence-electron chi connectivity index (χ1n) is 5.63. The number of hydrogen-bond acceptors (Lipinski definition) is 2. The summed E-state index contributed by atoms with van der Waals surface area (Å²) >= 11 is 0. The van der Waals surface area contributed by atoms with Gasteiger partial charge in [-0.15, -0.1) is 0 Å². The van der Waals surface area contributed by atoms with E-state index in [0.29, 0.717) is 6.04 Å². The summed E-state index contributed by atoms with van der Waals surface area (Å²) in [5.41, 5.74) is 8.39. The van der Waals surface area contributed by atoms with Gasteiger partial charge >= 0.3 is 0 Å². The number of benzene rings is 1. The molecule has 0 amide bonds. The third kappa shape index (κ3) is 3.65. The number of nitrogens with zero attached hydrogens (tertiary/aromatic N) is 1. The minimum Gasteiger partial charge on any atom is -0.329 e. The van der Waals surface area contributed by atoms with Crippen LogP contribution in [0.3, 0.4) is 0 Å². The molecule has 1 unspecified atom stereocenters. The van der Waals surface area contributed by atoms with Gasteiger partial charge in [-0.25, -0.2) is 0 Å². The van der Waals surface area contributed by atoms with Crippen molar-refractivity contribution >= 4 is 0 Å². The number of nitrogens with two attached hydrogens (primary N) is 1. The lowest BCUT2D eigenvalue weighted by atomic mass is 10.1. The second-order valence-electron chi connectivity index (χ2n) is 4.20. The zero-order valence-corrected chi connectivity index (χ0v) is 10.0. The zero-order valence-electron chi connectivity index (χ0n) is 10.0. The van der Waals surface area contributed by atoms with E-state index in [4.69, 9.17) is 5.73 Å². The Morgan fingerprint density at radius 1 is 1.27 bits per heavy atom. The summed E-state index contributed by atoms with van der Waals surface area (Å²) < 4.78 is 0. The van der Waals surface area contributed by atoms with Crippen molar-refractivity contribution in [1.82, 2.24) is 4.90 Å². The van der Waals surface area contributed by atoms with E-state index < -0.39 is 0 Å². The molecule has 0 aliphatic rings. The van der Waals surface area contributed by atoms with E-state index in [0.717, 1.165) is 19.5 Å². The minimum atomic E-state index is 0.492. The molecule has 0 bridgehead atoms. The smallest absolute Gasteiger partial charge is 0.0234 e. The van der Waals surface area contributed by atoms with E-state index in [1.165, 1.54) is 11.1 Å². The number of likely N-dealkylation sites (N-methyl/N-ethyl adjacent to an activating group) is 1. The standard InChI is InChI=1S/C13H22N2/c1-4-13(9-14)15(3)10-12-7-5-11(2)6-8-12/h5-8,13H,4,9-10,14H2,1-3H3. The SMILES string of the molecule is CCC(CN)N(C)Cc1ccc(C)cc1. The molecular weight excluding hydrogens is 184 g/mol. The molecule has 1 aromatic rings. The topological polar surface area (TPSA) is 29.3 Å². The Morgan fingerprint density at radius 3 is 2.33 bits per heavy atom. The molecule has 0 spiro atoms. The highest BCUT2D eigenvalue weighted by molar-refractivity contribution is 5.21. The van der Waals surface area contributed by atoms with Crippen LogP contribution in [0.2, 0.25) is 0 Å². The molecule has 1 rings (SSSR count). The van der Waals surface area contributed by atoms with Crippen LogP contribution in [0.4, 0.5) is 0 Å². The van der Waals surface area contributed by atoms with Crippen LogP contribution in [-0.4, -0.2) is 24.5 Å². The van der Waals surface area contributed by atoms with Gasteiger partial charge in [0.2, 0.25) is 0 Å². The van der Waals surface area contributed by atoms with E-state index >= 15 is 0 Å². The highest BCUT2D eigenvalue weighted by Gasteiger charge is 2.10. The normalized spacial score (nSPS) is 13.1. The van der Waals surface area contributed by atoms with Gasteiger partial charge in [0.25, 0.3) is 0 Å². The fourth-order valence-electron chi connectivity index (χ4n) is 1.77. The number of hydrogen-bond donors (Lipinski definition) is 1. The Labute approximate surface area is 93.1 Å². The monoisotopic (exact) mass is 206 g/mol. The summed E-state index contributed by atoms with van der Waals surface area (Å²) in [5.74, 6) is 0. The second-order valence-corrected chi connectivity index (χ2v) is 4.20. The predicted molar refractivity (Wildman–Crippen MR) is 65.8 cm³/mol. The van der Waals surface area contributed by atoms with Crippen molar-refractivity contribution in [2.24, 2.45) is 5.73 Å². The molecule has 0 radical (unpaired) electrons. The summed E-state index contributed by atoms with van der Waals surface area (Å²) in [4.78, 5) is 2.32. The number of rotatable bonds is 5. The Balaban J connectivity index is 2.57. The summed E-state index contributed by atoms with van der Waals surface area (Å²) in [5, 5.41) is 0. The van der Waals surface area contributed by atoms with Crippen molar-refractivity contribution < 1.29 is 0 Å². The largest absolute Gasteiger partial charge is 0.329 e. The van der Waals surface area contributed by atoms with Gasteiger partial charge in [0.1, 0.15) is 0 Å². The van der Waals surface area contributed by atoms with Crippen LogP contribution < -0.4 is 5.73 Å². The van der Waals surface area contributed by atoms with E-state index in [9.17, 15) is 0 Å². The second kappa shape index (κ2) is 5.89. The Bertz CT molecular complexity index is 275. The molecule has 0 saturated heterocycles. The van der Waals surface area contributed by atoms with Crippen LogP contribution in [0.1, 0.15) is 24.5 Å². The summed E-state index contributed by atoms with van der Waals surface area (Å²) in [7, 11) is 2.14. The van der Waals surface area contributed by atoms with Crippen LogP contribution in [0.15, 0.2) is 24.3 Å². The third-order valence-electron chi connectivity index (χ3n) is 2.92. The van der Waals surface area contributed by atoms with Crippen molar-refractivity contribution in [2.45, 2.75) is 32.9 Å². The van der Waals surface area contributed by atoms with E-state index in [1.807, 2.05) is 0 Å². The van der Waals surface area contributed by atoms with Crippen molar-refractivity contribution in [2.75, 3.05) is 13.6 Å². The summed E-state index contributed by atoms with van der Waals surface area (Å²) in [6.45, 7) is 6.01. The molecule has 0 aliphatic heterocycles. The van der Waals surface area contributed by atoms with Crippen LogP contribution in [-0.2, 0) is 6.54 Å². The van der Waals surface area contributed by atoms with Crippen molar-refractivity contribution in [3.63, 3.8) is 0 Å². The van der Waals surface area contributed by atoms with Crippen molar-refractivity contribution in [1.29, 1.82) is 0 Å². The van der Waals surface area contributed by atoms with Crippen LogP contribution in [0.5, 0.6) is 0 Å². The predicted octanol–water partition coefficient (Wildman–Crippen LogP) is 2.16. The lowest BCUT2D eigenvalue weighted by Crippen LogP contribution is -2.36. The molecule has 0 aliphatic carbocycles. The first-order valence-corrected chi connectivity index (χ1v) is 5.63. The van der Waals surface area contributed by atoms with Gasteiger partial charge in [0.05, 0.1) is 0 Å². The maximum Gasteiger partial charge on any atom is 0.0234 e.